The molecule has 2 heterocycles. The lowest BCUT2D eigenvalue weighted by Gasteiger charge is -2.12. The Hall–Kier alpha value is -4.05. The molecule has 0 amide bonds. The molecule has 4 heteroatoms. The van der Waals surface area contributed by atoms with Gasteiger partial charge in [0.25, 0.3) is 5.56 Å². The van der Waals surface area contributed by atoms with Crippen LogP contribution in [0.15, 0.2) is 89.9 Å². The van der Waals surface area contributed by atoms with E-state index in [4.69, 9.17) is 4.98 Å². The van der Waals surface area contributed by atoms with Crippen LogP contribution in [0, 0.1) is 6.92 Å². The monoisotopic (exact) mass is 389 g/mol. The molecule has 0 atom stereocenters. The van der Waals surface area contributed by atoms with Crippen molar-refractivity contribution in [2.24, 2.45) is 0 Å². The van der Waals surface area contributed by atoms with Crippen molar-refractivity contribution in [2.45, 2.75) is 6.92 Å². The third-order valence-corrected chi connectivity index (χ3v) is 5.16. The summed E-state index contributed by atoms with van der Waals surface area (Å²) < 4.78 is 1.66. The first kappa shape index (κ1) is 18.0. The summed E-state index contributed by atoms with van der Waals surface area (Å²) in [5, 5.41) is 1.45. The second kappa shape index (κ2) is 7.41. The van der Waals surface area contributed by atoms with E-state index in [2.05, 4.69) is 36.2 Å². The molecule has 0 aliphatic carbocycles. The standard InChI is InChI=1S/C26H19N3O/c1-18-9-11-19(12-10-18)13-16-24-28-25-21-8-5-17-27-23(21)15-14-22(25)26(30)29(24)20-6-3-2-4-7-20/h2-17H,1H3. The van der Waals surface area contributed by atoms with Crippen LogP contribution in [0.4, 0.5) is 0 Å². The first-order valence-electron chi connectivity index (χ1n) is 9.81. The summed E-state index contributed by atoms with van der Waals surface area (Å²) in [5.41, 5.74) is 4.43. The third-order valence-electron chi connectivity index (χ3n) is 5.16. The van der Waals surface area contributed by atoms with E-state index >= 15 is 0 Å². The highest BCUT2D eigenvalue weighted by Crippen LogP contribution is 2.22. The molecule has 0 saturated carbocycles. The maximum Gasteiger partial charge on any atom is 0.266 e. The van der Waals surface area contributed by atoms with E-state index in [-0.39, 0.29) is 5.56 Å². The molecule has 3 aromatic carbocycles. The van der Waals surface area contributed by atoms with Gasteiger partial charge in [-0.05, 0) is 55.0 Å². The maximum absolute atomic E-state index is 13.5. The van der Waals surface area contributed by atoms with Crippen molar-refractivity contribution in [3.05, 3.63) is 112 Å². The SMILES string of the molecule is Cc1ccc(C=Cc2nc3c(ccc4ncccc43)c(=O)n2-c2ccccc2)cc1. The smallest absolute Gasteiger partial charge is 0.266 e. The van der Waals surface area contributed by atoms with E-state index in [0.717, 1.165) is 22.2 Å². The van der Waals surface area contributed by atoms with E-state index in [9.17, 15) is 4.79 Å². The molecule has 0 saturated heterocycles. The molecule has 0 N–H and O–H groups in total. The number of hydrogen-bond acceptors (Lipinski definition) is 3. The summed E-state index contributed by atoms with van der Waals surface area (Å²) in [6, 6.07) is 25.4. The Morgan fingerprint density at radius 3 is 2.40 bits per heavy atom. The zero-order chi connectivity index (χ0) is 20.5. The van der Waals surface area contributed by atoms with Gasteiger partial charge in [-0.3, -0.25) is 14.3 Å². The van der Waals surface area contributed by atoms with Gasteiger partial charge >= 0.3 is 0 Å². The first-order chi connectivity index (χ1) is 14.7. The molecular formula is C26H19N3O. The minimum atomic E-state index is -0.0968. The average molecular weight is 389 g/mol. The summed E-state index contributed by atoms with van der Waals surface area (Å²) in [7, 11) is 0. The van der Waals surface area contributed by atoms with Crippen molar-refractivity contribution in [2.75, 3.05) is 0 Å². The van der Waals surface area contributed by atoms with Gasteiger partial charge < -0.3 is 0 Å². The lowest BCUT2D eigenvalue weighted by molar-refractivity contribution is 0.945. The molecule has 0 bridgehead atoms. The predicted octanol–water partition coefficient (Wildman–Crippen LogP) is 5.41. The lowest BCUT2D eigenvalue weighted by Crippen LogP contribution is -2.22. The zero-order valence-corrected chi connectivity index (χ0v) is 16.5. The number of nitrogens with zero attached hydrogens (tertiary/aromatic N) is 3. The van der Waals surface area contributed by atoms with Gasteiger partial charge in [0, 0.05) is 11.6 Å². The Balaban J connectivity index is 1.80. The van der Waals surface area contributed by atoms with Gasteiger partial charge in [-0.25, -0.2) is 4.98 Å². The maximum atomic E-state index is 13.5. The predicted molar refractivity (Wildman–Crippen MR) is 123 cm³/mol. The van der Waals surface area contributed by atoms with Crippen molar-refractivity contribution >= 4 is 34.0 Å². The molecule has 0 aliphatic heterocycles. The van der Waals surface area contributed by atoms with Gasteiger partial charge in [-0.2, -0.15) is 0 Å². The fourth-order valence-electron chi connectivity index (χ4n) is 3.61. The second-order valence-electron chi connectivity index (χ2n) is 7.22. The second-order valence-corrected chi connectivity index (χ2v) is 7.22. The van der Waals surface area contributed by atoms with Crippen LogP contribution < -0.4 is 5.56 Å². The fraction of sp³-hybridized carbons (Fsp3) is 0.0385. The van der Waals surface area contributed by atoms with Crippen molar-refractivity contribution in [1.82, 2.24) is 14.5 Å². The van der Waals surface area contributed by atoms with Crippen molar-refractivity contribution in [1.29, 1.82) is 0 Å². The minimum Gasteiger partial charge on any atom is -0.268 e. The number of aryl methyl sites for hydroxylation is 1. The van der Waals surface area contributed by atoms with Gasteiger partial charge in [0.1, 0.15) is 5.82 Å². The topological polar surface area (TPSA) is 47.8 Å². The lowest BCUT2D eigenvalue weighted by atomic mass is 10.1. The molecule has 0 radical (unpaired) electrons. The first-order valence-corrected chi connectivity index (χ1v) is 9.81. The van der Waals surface area contributed by atoms with Crippen molar-refractivity contribution in [3.8, 4) is 5.69 Å². The van der Waals surface area contributed by atoms with Crippen LogP contribution in [0.2, 0.25) is 0 Å². The zero-order valence-electron chi connectivity index (χ0n) is 16.5. The average Bonchev–Trinajstić information content (AvgIpc) is 2.79. The van der Waals surface area contributed by atoms with E-state index in [1.807, 2.05) is 66.7 Å². The Morgan fingerprint density at radius 2 is 1.60 bits per heavy atom. The van der Waals surface area contributed by atoms with Crippen molar-refractivity contribution in [3.63, 3.8) is 0 Å². The number of benzene rings is 3. The van der Waals surface area contributed by atoms with E-state index in [0.29, 0.717) is 16.7 Å². The summed E-state index contributed by atoms with van der Waals surface area (Å²) in [4.78, 5) is 22.8. The minimum absolute atomic E-state index is 0.0968. The molecule has 30 heavy (non-hydrogen) atoms. The van der Waals surface area contributed by atoms with E-state index in [1.54, 1.807) is 10.8 Å². The van der Waals surface area contributed by atoms with Gasteiger partial charge in [-0.15, -0.1) is 0 Å². The van der Waals surface area contributed by atoms with E-state index in [1.165, 1.54) is 5.56 Å². The third kappa shape index (κ3) is 3.18. The number of hydrogen-bond donors (Lipinski definition) is 0. The molecule has 0 unspecified atom stereocenters. The number of pyridine rings is 1. The Kier molecular flexibility index (Phi) is 4.45. The number of para-hydroxylation sites is 1. The van der Waals surface area contributed by atoms with Crippen LogP contribution in [0.1, 0.15) is 17.0 Å². The number of aromatic nitrogens is 3. The van der Waals surface area contributed by atoms with Gasteiger partial charge in [0.05, 0.1) is 22.1 Å². The van der Waals surface area contributed by atoms with Crippen LogP contribution in [-0.4, -0.2) is 14.5 Å². The molecule has 0 spiro atoms. The molecular weight excluding hydrogens is 370 g/mol. The Bertz CT molecular complexity index is 1450. The van der Waals surface area contributed by atoms with Gasteiger partial charge in [0.2, 0.25) is 0 Å². The van der Waals surface area contributed by atoms with Crippen LogP contribution in [0.25, 0.3) is 39.6 Å². The Morgan fingerprint density at radius 1 is 0.800 bits per heavy atom. The highest BCUT2D eigenvalue weighted by molar-refractivity contribution is 6.03. The molecule has 2 aromatic heterocycles. The van der Waals surface area contributed by atoms with Gasteiger partial charge in [-0.1, -0.05) is 54.1 Å². The molecule has 0 aliphatic rings. The highest BCUT2D eigenvalue weighted by Gasteiger charge is 2.13. The quantitative estimate of drug-likeness (QED) is 0.388. The van der Waals surface area contributed by atoms with E-state index < -0.39 is 0 Å². The molecule has 0 fully saturated rings. The summed E-state index contributed by atoms with van der Waals surface area (Å²) in [6.45, 7) is 2.06. The summed E-state index contributed by atoms with van der Waals surface area (Å²) >= 11 is 0. The van der Waals surface area contributed by atoms with Crippen LogP contribution in [-0.2, 0) is 0 Å². The normalized spacial score (nSPS) is 11.5. The van der Waals surface area contributed by atoms with Gasteiger partial charge in [0.15, 0.2) is 0 Å². The van der Waals surface area contributed by atoms with Crippen molar-refractivity contribution < 1.29 is 0 Å². The highest BCUT2D eigenvalue weighted by atomic mass is 16.1. The Labute approximate surface area is 173 Å². The molecule has 144 valence electrons. The molecule has 5 aromatic rings. The summed E-state index contributed by atoms with van der Waals surface area (Å²) in [6.07, 6.45) is 5.63. The van der Waals surface area contributed by atoms with Crippen LogP contribution >= 0.6 is 0 Å². The molecule has 4 nitrogen and oxygen atoms in total. The number of rotatable bonds is 3. The fourth-order valence-corrected chi connectivity index (χ4v) is 3.61. The van der Waals surface area contributed by atoms with Crippen LogP contribution in [0.5, 0.6) is 0 Å². The largest absolute Gasteiger partial charge is 0.268 e. The van der Waals surface area contributed by atoms with Crippen LogP contribution in [0.3, 0.4) is 0 Å². The summed E-state index contributed by atoms with van der Waals surface area (Å²) in [5.74, 6) is 0.579. The molecule has 5 rings (SSSR count). The number of fused-ring (bicyclic) bond motifs is 3.